The monoisotopic (exact) mass is 325 g/mol. The van der Waals surface area contributed by atoms with Crippen LogP contribution in [0.1, 0.15) is 11.1 Å². The normalized spacial score (nSPS) is 15.7. The number of aromatic nitrogens is 2. The van der Waals surface area contributed by atoms with Crippen LogP contribution in [0.4, 0.5) is 0 Å². The fourth-order valence-electron chi connectivity index (χ4n) is 2.50. The van der Waals surface area contributed by atoms with Crippen molar-refractivity contribution in [1.82, 2.24) is 14.6 Å². The van der Waals surface area contributed by atoms with Gasteiger partial charge in [0.15, 0.2) is 0 Å². The third-order valence-corrected chi connectivity index (χ3v) is 4.21. The number of benzene rings is 1. The molecule has 0 unspecified atom stereocenters. The molecule has 0 spiro atoms. The average Bonchev–Trinajstić information content (AvgIpc) is 2.38. The van der Waals surface area contributed by atoms with Crippen molar-refractivity contribution in [2.45, 2.75) is 13.0 Å². The van der Waals surface area contributed by atoms with E-state index in [1.165, 1.54) is 0 Å². The van der Waals surface area contributed by atoms with Crippen LogP contribution >= 0.6 is 15.9 Å². The van der Waals surface area contributed by atoms with E-state index in [0.717, 1.165) is 28.6 Å². The lowest BCUT2D eigenvalue weighted by atomic mass is 9.98. The lowest BCUT2D eigenvalue weighted by Crippen LogP contribution is -2.36. The predicted molar refractivity (Wildman–Crippen MR) is 73.8 cm³/mol. The molecule has 19 heavy (non-hydrogen) atoms. The fourth-order valence-corrected chi connectivity index (χ4v) is 3.16. The summed E-state index contributed by atoms with van der Waals surface area (Å²) in [6.45, 7) is 1.60. The van der Waals surface area contributed by atoms with Crippen molar-refractivity contribution >= 4 is 27.0 Å². The van der Waals surface area contributed by atoms with Crippen LogP contribution in [0.2, 0.25) is 0 Å². The topological polar surface area (TPSA) is 78.3 Å². The molecule has 2 aromatic rings. The lowest BCUT2D eigenvalue weighted by molar-refractivity contribution is 0.186. The van der Waals surface area contributed by atoms with E-state index >= 15 is 0 Å². The standard InChI is InChI=1S/C12H12BrN3O3/c1-15-3-2-6-7(5-15)10-9(4-8(6)13)16(19)12(18)11(17)14-10/h4,19H,2-3,5H2,1H3,(H,14,17). The third-order valence-electron chi connectivity index (χ3n) is 3.50. The quantitative estimate of drug-likeness (QED) is 0.551. The SMILES string of the molecule is CN1CCc2c(Br)cc3c([nH]c(=O)c(=O)n3O)c2C1. The minimum atomic E-state index is -0.969. The number of hydrogen-bond donors (Lipinski definition) is 2. The van der Waals surface area contributed by atoms with Crippen LogP contribution in [0.5, 0.6) is 0 Å². The zero-order chi connectivity index (χ0) is 13.7. The summed E-state index contributed by atoms with van der Waals surface area (Å²) in [6.07, 6.45) is 0.856. The van der Waals surface area contributed by atoms with Gasteiger partial charge in [0.05, 0.1) is 5.52 Å². The Balaban J connectivity index is 2.48. The van der Waals surface area contributed by atoms with Crippen LogP contribution in [0.15, 0.2) is 20.1 Å². The fraction of sp³-hybridized carbons (Fsp3) is 0.333. The predicted octanol–water partition coefficient (Wildman–Crippen LogP) is 0.677. The van der Waals surface area contributed by atoms with Crippen LogP contribution in [0.3, 0.4) is 0 Å². The minimum Gasteiger partial charge on any atom is -0.425 e. The Bertz CT molecular complexity index is 793. The number of fused-ring (bicyclic) bond motifs is 3. The molecule has 0 atom stereocenters. The van der Waals surface area contributed by atoms with Gasteiger partial charge >= 0.3 is 11.1 Å². The third kappa shape index (κ3) is 1.81. The maximum atomic E-state index is 11.5. The van der Waals surface area contributed by atoms with Gasteiger partial charge in [-0.15, -0.1) is 4.73 Å². The highest BCUT2D eigenvalue weighted by atomic mass is 79.9. The molecule has 2 N–H and O–H groups in total. The van der Waals surface area contributed by atoms with E-state index in [2.05, 4.69) is 25.8 Å². The van der Waals surface area contributed by atoms with Crippen molar-refractivity contribution in [2.24, 2.45) is 0 Å². The number of likely N-dealkylation sites (N-methyl/N-ethyl adjacent to an activating group) is 1. The molecular formula is C12H12BrN3O3. The van der Waals surface area contributed by atoms with Crippen LogP contribution in [-0.4, -0.2) is 33.4 Å². The largest absolute Gasteiger partial charge is 0.425 e. The van der Waals surface area contributed by atoms with Crippen molar-refractivity contribution in [3.05, 3.63) is 42.4 Å². The Morgan fingerprint density at radius 2 is 2.11 bits per heavy atom. The highest BCUT2D eigenvalue weighted by molar-refractivity contribution is 9.10. The molecule has 0 saturated heterocycles. The summed E-state index contributed by atoms with van der Waals surface area (Å²) in [7, 11) is 1.99. The van der Waals surface area contributed by atoms with Crippen molar-refractivity contribution in [2.75, 3.05) is 13.6 Å². The van der Waals surface area contributed by atoms with E-state index in [1.54, 1.807) is 6.07 Å². The number of nitrogens with zero attached hydrogens (tertiary/aromatic N) is 2. The van der Waals surface area contributed by atoms with Crippen molar-refractivity contribution < 1.29 is 5.21 Å². The molecule has 100 valence electrons. The van der Waals surface area contributed by atoms with E-state index in [9.17, 15) is 14.8 Å². The van der Waals surface area contributed by atoms with Crippen LogP contribution in [0.25, 0.3) is 11.0 Å². The smallest absolute Gasteiger partial charge is 0.348 e. The Labute approximate surface area is 116 Å². The van der Waals surface area contributed by atoms with Gasteiger partial charge in [-0.1, -0.05) is 15.9 Å². The molecule has 1 aliphatic rings. The van der Waals surface area contributed by atoms with Crippen LogP contribution in [0, 0.1) is 0 Å². The molecule has 2 heterocycles. The molecule has 0 bridgehead atoms. The first-order chi connectivity index (χ1) is 8.99. The van der Waals surface area contributed by atoms with Crippen molar-refractivity contribution in [3.8, 4) is 0 Å². The van der Waals surface area contributed by atoms with Crippen molar-refractivity contribution in [1.29, 1.82) is 0 Å². The highest BCUT2D eigenvalue weighted by Gasteiger charge is 2.21. The number of aromatic amines is 1. The summed E-state index contributed by atoms with van der Waals surface area (Å²) in [4.78, 5) is 27.7. The summed E-state index contributed by atoms with van der Waals surface area (Å²) in [5.74, 6) is 0. The Kier molecular flexibility index (Phi) is 2.75. The zero-order valence-corrected chi connectivity index (χ0v) is 11.8. The van der Waals surface area contributed by atoms with Gasteiger partial charge in [0.2, 0.25) is 0 Å². The maximum absolute atomic E-state index is 11.5. The van der Waals surface area contributed by atoms with Gasteiger partial charge < -0.3 is 15.1 Å². The Hall–Kier alpha value is -1.60. The number of H-pyrrole nitrogens is 1. The second-order valence-corrected chi connectivity index (χ2v) is 5.62. The molecule has 7 heteroatoms. The van der Waals surface area contributed by atoms with Gasteiger partial charge in [-0.05, 0) is 30.7 Å². The summed E-state index contributed by atoms with van der Waals surface area (Å²) in [5, 5.41) is 9.78. The summed E-state index contributed by atoms with van der Waals surface area (Å²) < 4.78 is 1.26. The molecule has 0 fully saturated rings. The molecular weight excluding hydrogens is 314 g/mol. The van der Waals surface area contributed by atoms with E-state index < -0.39 is 11.1 Å². The van der Waals surface area contributed by atoms with E-state index in [1.807, 2.05) is 7.05 Å². The van der Waals surface area contributed by atoms with Gasteiger partial charge in [-0.25, -0.2) is 0 Å². The second-order valence-electron chi connectivity index (χ2n) is 4.77. The summed E-state index contributed by atoms with van der Waals surface area (Å²) >= 11 is 3.46. The highest BCUT2D eigenvalue weighted by Crippen LogP contribution is 2.31. The number of nitrogens with one attached hydrogen (secondary N) is 1. The van der Waals surface area contributed by atoms with Gasteiger partial charge in [-0.3, -0.25) is 9.59 Å². The van der Waals surface area contributed by atoms with Gasteiger partial charge in [-0.2, -0.15) is 0 Å². The molecule has 0 amide bonds. The van der Waals surface area contributed by atoms with E-state index in [0.29, 0.717) is 22.3 Å². The Morgan fingerprint density at radius 3 is 2.84 bits per heavy atom. The molecule has 0 aliphatic carbocycles. The number of rotatable bonds is 0. The molecule has 0 radical (unpaired) electrons. The minimum absolute atomic E-state index is 0.311. The molecule has 1 aromatic carbocycles. The Morgan fingerprint density at radius 1 is 1.37 bits per heavy atom. The first-order valence-electron chi connectivity index (χ1n) is 5.86. The second kappa shape index (κ2) is 4.21. The van der Waals surface area contributed by atoms with Crippen molar-refractivity contribution in [3.63, 3.8) is 0 Å². The maximum Gasteiger partial charge on any atom is 0.348 e. The van der Waals surface area contributed by atoms with Crippen LogP contribution < -0.4 is 11.1 Å². The average molecular weight is 326 g/mol. The summed E-state index contributed by atoms with van der Waals surface area (Å²) in [5.41, 5.74) is 1.11. The molecule has 1 aliphatic heterocycles. The zero-order valence-electron chi connectivity index (χ0n) is 10.2. The summed E-state index contributed by atoms with van der Waals surface area (Å²) in [6, 6.07) is 1.66. The first kappa shape index (κ1) is 12.4. The molecule has 1 aromatic heterocycles. The molecule has 0 saturated carbocycles. The molecule has 6 nitrogen and oxygen atoms in total. The number of halogens is 1. The molecule has 3 rings (SSSR count). The van der Waals surface area contributed by atoms with Gasteiger partial charge in [0.1, 0.15) is 5.52 Å². The first-order valence-corrected chi connectivity index (χ1v) is 6.65. The van der Waals surface area contributed by atoms with E-state index in [4.69, 9.17) is 0 Å². The lowest BCUT2D eigenvalue weighted by Gasteiger charge is -2.27. The van der Waals surface area contributed by atoms with Crippen LogP contribution in [-0.2, 0) is 13.0 Å². The number of hydrogen-bond acceptors (Lipinski definition) is 4. The van der Waals surface area contributed by atoms with Gasteiger partial charge in [0.25, 0.3) is 0 Å². The van der Waals surface area contributed by atoms with Gasteiger partial charge in [0, 0.05) is 17.6 Å². The van der Waals surface area contributed by atoms with E-state index in [-0.39, 0.29) is 0 Å².